The van der Waals surface area contributed by atoms with Crippen molar-refractivity contribution in [3.8, 4) is 5.75 Å². The van der Waals surface area contributed by atoms with Gasteiger partial charge in [0.15, 0.2) is 0 Å². The lowest BCUT2D eigenvalue weighted by atomic mass is 9.80. The minimum Gasteiger partial charge on any atom is -0.507 e. The van der Waals surface area contributed by atoms with Crippen LogP contribution in [0.2, 0.25) is 0 Å². The molecule has 0 radical (unpaired) electrons. The van der Waals surface area contributed by atoms with Gasteiger partial charge in [0.2, 0.25) is 5.91 Å². The zero-order chi connectivity index (χ0) is 17.1. The zero-order valence-corrected chi connectivity index (χ0v) is 14.3. The molecule has 1 aliphatic heterocycles. The molecule has 3 atom stereocenters. The average Bonchev–Trinajstić information content (AvgIpc) is 3.03. The lowest BCUT2D eigenvalue weighted by molar-refractivity contribution is -0.134. The molecule has 2 aliphatic rings. The number of amides is 1. The maximum Gasteiger partial charge on any atom is 0.248 e. The number of ether oxygens (including phenoxy) is 1. The van der Waals surface area contributed by atoms with Crippen molar-refractivity contribution >= 4 is 12.0 Å². The van der Waals surface area contributed by atoms with E-state index in [4.69, 9.17) is 4.74 Å². The van der Waals surface area contributed by atoms with E-state index in [-0.39, 0.29) is 17.9 Å². The Morgan fingerprint density at radius 3 is 2.92 bits per heavy atom. The summed E-state index contributed by atoms with van der Waals surface area (Å²) in [5, 5.41) is 9.80. The number of para-hydroxylation sites is 1. The van der Waals surface area contributed by atoms with Crippen LogP contribution in [0.4, 0.5) is 0 Å². The molecule has 1 N–H and O–H groups in total. The molecule has 1 heterocycles. The number of phenolic OH excluding ortho intramolecular Hbond substituents is 1. The van der Waals surface area contributed by atoms with E-state index in [2.05, 4.69) is 19.9 Å². The predicted molar refractivity (Wildman–Crippen MR) is 94.2 cm³/mol. The third-order valence-electron chi connectivity index (χ3n) is 5.01. The summed E-state index contributed by atoms with van der Waals surface area (Å²) < 4.78 is 5.90. The molecule has 0 spiro atoms. The summed E-state index contributed by atoms with van der Waals surface area (Å²) in [6.45, 7) is 5.59. The predicted octanol–water partition coefficient (Wildman–Crippen LogP) is 3.58. The van der Waals surface area contributed by atoms with E-state index in [1.54, 1.807) is 24.3 Å². The van der Waals surface area contributed by atoms with Crippen LogP contribution in [-0.4, -0.2) is 35.3 Å². The Kier molecular flexibility index (Phi) is 5.05. The monoisotopic (exact) mass is 327 g/mol. The fraction of sp³-hybridized carbons (Fsp3) is 0.450. The van der Waals surface area contributed by atoms with Crippen molar-refractivity contribution in [1.82, 2.24) is 4.90 Å². The average molecular weight is 327 g/mol. The number of phenols is 1. The van der Waals surface area contributed by atoms with Crippen LogP contribution in [0, 0.1) is 11.8 Å². The molecule has 1 saturated heterocycles. The lowest BCUT2D eigenvalue weighted by Gasteiger charge is -2.35. The Balaban J connectivity index is 1.71. The molecule has 4 nitrogen and oxygen atoms in total. The number of hydrogen-bond donors (Lipinski definition) is 1. The highest BCUT2D eigenvalue weighted by molar-refractivity contribution is 5.92. The lowest BCUT2D eigenvalue weighted by Crippen LogP contribution is -2.42. The minimum atomic E-state index is -0.147. The van der Waals surface area contributed by atoms with E-state index < -0.39 is 0 Å². The number of benzene rings is 1. The molecular formula is C20H25NO3. The Hall–Kier alpha value is -2.07. The number of nitrogens with zero attached hydrogens (tertiary/aromatic N) is 1. The van der Waals surface area contributed by atoms with Crippen LogP contribution in [0.15, 0.2) is 42.0 Å². The third kappa shape index (κ3) is 3.54. The van der Waals surface area contributed by atoms with Crippen LogP contribution in [-0.2, 0) is 9.53 Å². The molecule has 1 fully saturated rings. The van der Waals surface area contributed by atoms with Crippen LogP contribution >= 0.6 is 0 Å². The molecular weight excluding hydrogens is 302 g/mol. The van der Waals surface area contributed by atoms with E-state index in [0.717, 1.165) is 12.8 Å². The Morgan fingerprint density at radius 1 is 1.38 bits per heavy atom. The standard InChI is InChI=1S/C20H25NO3/c1-14-7-9-17(15(2)13-14)20-21(11-12-24-20)19(23)10-8-16-5-3-4-6-18(16)22/h3-6,8,10,13,15,17,20,22H,7,9,11-12H2,1-2H3/b10-8+. The van der Waals surface area contributed by atoms with Crippen molar-refractivity contribution in [3.05, 3.63) is 47.6 Å². The van der Waals surface area contributed by atoms with Gasteiger partial charge in [0.05, 0.1) is 6.61 Å². The van der Waals surface area contributed by atoms with Crippen molar-refractivity contribution in [2.75, 3.05) is 13.2 Å². The fourth-order valence-corrected chi connectivity index (χ4v) is 3.68. The van der Waals surface area contributed by atoms with E-state index in [9.17, 15) is 9.90 Å². The van der Waals surface area contributed by atoms with Crippen LogP contribution in [0.3, 0.4) is 0 Å². The van der Waals surface area contributed by atoms with Gasteiger partial charge in [-0.1, -0.05) is 36.8 Å². The van der Waals surface area contributed by atoms with Gasteiger partial charge >= 0.3 is 0 Å². The summed E-state index contributed by atoms with van der Waals surface area (Å²) in [4.78, 5) is 14.4. The van der Waals surface area contributed by atoms with Crippen molar-refractivity contribution in [2.24, 2.45) is 11.8 Å². The van der Waals surface area contributed by atoms with Crippen molar-refractivity contribution in [3.63, 3.8) is 0 Å². The summed E-state index contributed by atoms with van der Waals surface area (Å²) in [5.74, 6) is 0.884. The first-order valence-electron chi connectivity index (χ1n) is 8.62. The largest absolute Gasteiger partial charge is 0.507 e. The van der Waals surface area contributed by atoms with Crippen molar-refractivity contribution < 1.29 is 14.6 Å². The summed E-state index contributed by atoms with van der Waals surface area (Å²) in [6, 6.07) is 7.00. The molecule has 4 heteroatoms. The number of hydrogen-bond acceptors (Lipinski definition) is 3. The highest BCUT2D eigenvalue weighted by Crippen LogP contribution is 2.35. The number of rotatable bonds is 3. The molecule has 0 saturated carbocycles. The third-order valence-corrected chi connectivity index (χ3v) is 5.01. The highest BCUT2D eigenvalue weighted by Gasteiger charge is 2.38. The van der Waals surface area contributed by atoms with Crippen LogP contribution in [0.5, 0.6) is 5.75 Å². The first-order chi connectivity index (χ1) is 11.6. The summed E-state index contributed by atoms with van der Waals surface area (Å²) in [6.07, 6.45) is 7.49. The molecule has 24 heavy (non-hydrogen) atoms. The summed E-state index contributed by atoms with van der Waals surface area (Å²) in [7, 11) is 0. The second-order valence-electron chi connectivity index (χ2n) is 6.76. The number of carbonyl (C=O) groups is 1. The Morgan fingerprint density at radius 2 is 2.17 bits per heavy atom. The van der Waals surface area contributed by atoms with Gasteiger partial charge in [0, 0.05) is 24.1 Å². The summed E-state index contributed by atoms with van der Waals surface area (Å²) >= 11 is 0. The van der Waals surface area contributed by atoms with Crippen molar-refractivity contribution in [1.29, 1.82) is 0 Å². The second kappa shape index (κ2) is 7.22. The molecule has 3 rings (SSSR count). The molecule has 1 aliphatic carbocycles. The summed E-state index contributed by atoms with van der Waals surface area (Å²) in [5.41, 5.74) is 2.07. The van der Waals surface area contributed by atoms with E-state index in [1.165, 1.54) is 11.6 Å². The maximum absolute atomic E-state index is 12.6. The maximum atomic E-state index is 12.6. The molecule has 1 amide bonds. The quantitative estimate of drug-likeness (QED) is 0.682. The van der Waals surface area contributed by atoms with Crippen LogP contribution < -0.4 is 0 Å². The highest BCUT2D eigenvalue weighted by atomic mass is 16.5. The molecule has 0 aromatic heterocycles. The Bertz CT molecular complexity index is 665. The van der Waals surface area contributed by atoms with Gasteiger partial charge in [-0.25, -0.2) is 0 Å². The molecule has 0 bridgehead atoms. The minimum absolute atomic E-state index is 0.0563. The van der Waals surface area contributed by atoms with Gasteiger partial charge in [-0.3, -0.25) is 4.79 Å². The van der Waals surface area contributed by atoms with Gasteiger partial charge in [0.1, 0.15) is 12.0 Å². The van der Waals surface area contributed by atoms with E-state index in [1.807, 2.05) is 11.0 Å². The van der Waals surface area contributed by atoms with Gasteiger partial charge < -0.3 is 14.7 Å². The van der Waals surface area contributed by atoms with E-state index >= 15 is 0 Å². The van der Waals surface area contributed by atoms with Crippen LogP contribution in [0.25, 0.3) is 6.08 Å². The zero-order valence-electron chi connectivity index (χ0n) is 14.3. The Labute approximate surface area is 143 Å². The van der Waals surface area contributed by atoms with Gasteiger partial charge in [-0.05, 0) is 37.8 Å². The number of allylic oxidation sites excluding steroid dienone is 2. The molecule has 3 unspecified atom stereocenters. The first-order valence-corrected chi connectivity index (χ1v) is 8.62. The molecule has 1 aromatic carbocycles. The normalized spacial score (nSPS) is 27.5. The van der Waals surface area contributed by atoms with Gasteiger partial charge in [-0.15, -0.1) is 0 Å². The number of aromatic hydroxyl groups is 1. The SMILES string of the molecule is CC1=CC(C)C(C2OCCN2C(=O)/C=C/c2ccccc2O)CC1. The second-order valence-corrected chi connectivity index (χ2v) is 6.76. The number of carbonyl (C=O) groups excluding carboxylic acids is 1. The fourth-order valence-electron chi connectivity index (χ4n) is 3.68. The van der Waals surface area contributed by atoms with Gasteiger partial charge in [0.25, 0.3) is 0 Å². The molecule has 1 aromatic rings. The molecule has 128 valence electrons. The van der Waals surface area contributed by atoms with Crippen molar-refractivity contribution in [2.45, 2.75) is 32.9 Å². The topological polar surface area (TPSA) is 49.8 Å². The smallest absolute Gasteiger partial charge is 0.248 e. The van der Waals surface area contributed by atoms with Gasteiger partial charge in [-0.2, -0.15) is 0 Å². The first kappa shape index (κ1) is 16.8. The van der Waals surface area contributed by atoms with Crippen LogP contribution in [0.1, 0.15) is 32.3 Å². The van der Waals surface area contributed by atoms with E-state index in [0.29, 0.717) is 30.6 Å².